The minimum Gasteiger partial charge on any atom is -0.354 e. The van der Waals surface area contributed by atoms with Crippen molar-refractivity contribution in [2.24, 2.45) is 0 Å². The fourth-order valence-electron chi connectivity index (χ4n) is 2.28. The Morgan fingerprint density at radius 2 is 2.00 bits per heavy atom. The average molecular weight is 391 g/mol. The lowest BCUT2D eigenvalue weighted by molar-refractivity contribution is 0.954. The minimum atomic E-state index is 0.644. The quantitative estimate of drug-likeness (QED) is 0.552. The van der Waals surface area contributed by atoms with Gasteiger partial charge in [0.05, 0.1) is 24.1 Å². The molecule has 0 saturated heterocycles. The van der Waals surface area contributed by atoms with E-state index < -0.39 is 0 Å². The lowest BCUT2D eigenvalue weighted by Crippen LogP contribution is -2.08. The molecule has 0 aliphatic heterocycles. The van der Waals surface area contributed by atoms with E-state index in [1.165, 1.54) is 11.3 Å². The number of anilines is 2. The van der Waals surface area contributed by atoms with Crippen molar-refractivity contribution in [2.45, 2.75) is 6.54 Å². The van der Waals surface area contributed by atoms with Crippen LogP contribution in [0.25, 0.3) is 16.2 Å². The van der Waals surface area contributed by atoms with Crippen LogP contribution in [-0.2, 0) is 6.54 Å². The van der Waals surface area contributed by atoms with E-state index in [0.29, 0.717) is 11.6 Å². The highest BCUT2D eigenvalue weighted by molar-refractivity contribution is 7.20. The van der Waals surface area contributed by atoms with Crippen LogP contribution in [0.15, 0.2) is 35.8 Å². The van der Waals surface area contributed by atoms with Gasteiger partial charge < -0.3 is 10.2 Å². The Bertz CT molecular complexity index is 970. The molecule has 0 atom stereocenters. The van der Waals surface area contributed by atoms with Crippen molar-refractivity contribution in [1.29, 1.82) is 0 Å². The fourth-order valence-corrected chi connectivity index (χ4v) is 3.94. The molecule has 4 rings (SSSR count). The molecule has 1 N–H and O–H groups in total. The van der Waals surface area contributed by atoms with Crippen molar-refractivity contribution >= 4 is 49.5 Å². The van der Waals surface area contributed by atoms with Gasteiger partial charge >= 0.3 is 0 Å². The maximum atomic E-state index is 5.93. The summed E-state index contributed by atoms with van der Waals surface area (Å²) in [7, 11) is 3.98. The molecule has 9 heteroatoms. The molecule has 4 aromatic rings. The van der Waals surface area contributed by atoms with E-state index in [4.69, 9.17) is 11.6 Å². The standard InChI is InChI=1S/C16H15ClN6S2/c1-22(2)15-19-12(9-24-15)7-18-14-21-23-8-13(20-16(23)25-14)10-3-5-11(17)6-4-10/h3-6,8-9H,7H2,1-2H3,(H,18,21). The topological polar surface area (TPSA) is 58.4 Å². The minimum absolute atomic E-state index is 0.644. The molecule has 0 amide bonds. The number of rotatable bonds is 5. The Kier molecular flexibility index (Phi) is 4.32. The maximum absolute atomic E-state index is 5.93. The van der Waals surface area contributed by atoms with Gasteiger partial charge in [0.15, 0.2) is 5.13 Å². The van der Waals surface area contributed by atoms with Crippen LogP contribution >= 0.6 is 34.3 Å². The monoisotopic (exact) mass is 390 g/mol. The molecule has 0 bridgehead atoms. The summed E-state index contributed by atoms with van der Waals surface area (Å²) in [4.78, 5) is 12.0. The van der Waals surface area contributed by atoms with Crippen molar-refractivity contribution in [2.75, 3.05) is 24.3 Å². The SMILES string of the molecule is CN(C)c1nc(CNc2nn3cc(-c4ccc(Cl)cc4)nc3s2)cs1. The molecule has 25 heavy (non-hydrogen) atoms. The van der Waals surface area contributed by atoms with E-state index in [1.807, 2.05) is 49.5 Å². The van der Waals surface area contributed by atoms with Crippen LogP contribution < -0.4 is 10.2 Å². The second-order valence-corrected chi connectivity index (χ2v) is 7.87. The van der Waals surface area contributed by atoms with E-state index >= 15 is 0 Å². The zero-order chi connectivity index (χ0) is 17.4. The predicted octanol–water partition coefficient (Wildman–Crippen LogP) is 4.25. The van der Waals surface area contributed by atoms with Crippen molar-refractivity contribution < 1.29 is 0 Å². The third-order valence-electron chi connectivity index (χ3n) is 3.53. The predicted molar refractivity (Wildman–Crippen MR) is 105 cm³/mol. The molecule has 0 unspecified atom stereocenters. The molecule has 1 aromatic carbocycles. The second-order valence-electron chi connectivity index (χ2n) is 5.64. The Morgan fingerprint density at radius 1 is 1.20 bits per heavy atom. The van der Waals surface area contributed by atoms with Crippen LogP contribution in [0.5, 0.6) is 0 Å². The molecule has 3 heterocycles. The van der Waals surface area contributed by atoms with Gasteiger partial charge in [-0.15, -0.1) is 16.4 Å². The van der Waals surface area contributed by atoms with Crippen LogP contribution in [0, 0.1) is 0 Å². The summed E-state index contributed by atoms with van der Waals surface area (Å²) < 4.78 is 1.79. The summed E-state index contributed by atoms with van der Waals surface area (Å²) in [6.07, 6.45) is 1.92. The Balaban J connectivity index is 1.48. The summed E-state index contributed by atoms with van der Waals surface area (Å²) in [6, 6.07) is 7.64. The van der Waals surface area contributed by atoms with Crippen LogP contribution in [0.1, 0.15) is 5.69 Å². The van der Waals surface area contributed by atoms with Gasteiger partial charge in [0.25, 0.3) is 0 Å². The molecule has 6 nitrogen and oxygen atoms in total. The molecular weight excluding hydrogens is 376 g/mol. The Hall–Kier alpha value is -2.16. The highest BCUT2D eigenvalue weighted by atomic mass is 35.5. The van der Waals surface area contributed by atoms with Crippen LogP contribution in [-0.4, -0.2) is 33.7 Å². The summed E-state index contributed by atoms with van der Waals surface area (Å²) in [5.74, 6) is 0. The summed E-state index contributed by atoms with van der Waals surface area (Å²) >= 11 is 9.08. The number of imidazole rings is 1. The number of halogens is 1. The number of nitrogens with zero attached hydrogens (tertiary/aromatic N) is 5. The van der Waals surface area contributed by atoms with E-state index in [0.717, 1.165) is 32.2 Å². The van der Waals surface area contributed by atoms with Gasteiger partial charge in [-0.25, -0.2) is 14.5 Å². The largest absolute Gasteiger partial charge is 0.354 e. The first-order valence-corrected chi connectivity index (χ1v) is 9.63. The first kappa shape index (κ1) is 16.3. The molecule has 0 aliphatic carbocycles. The summed E-state index contributed by atoms with van der Waals surface area (Å²) in [5.41, 5.74) is 2.91. The number of aromatic nitrogens is 4. The fraction of sp³-hybridized carbons (Fsp3) is 0.188. The number of thiazole rings is 1. The zero-order valence-corrected chi connectivity index (χ0v) is 16.0. The average Bonchev–Trinajstić information content (AvgIpc) is 3.28. The van der Waals surface area contributed by atoms with Crippen LogP contribution in [0.4, 0.5) is 10.3 Å². The van der Waals surface area contributed by atoms with Crippen molar-refractivity contribution in [3.8, 4) is 11.3 Å². The van der Waals surface area contributed by atoms with Crippen molar-refractivity contribution in [3.63, 3.8) is 0 Å². The summed E-state index contributed by atoms with van der Waals surface area (Å²) in [6.45, 7) is 0.644. The van der Waals surface area contributed by atoms with Gasteiger partial charge in [0.2, 0.25) is 10.1 Å². The lowest BCUT2D eigenvalue weighted by atomic mass is 10.2. The summed E-state index contributed by atoms with van der Waals surface area (Å²) in [5, 5.41) is 12.4. The molecular formula is C16H15ClN6S2. The maximum Gasteiger partial charge on any atom is 0.214 e. The molecule has 0 aliphatic rings. The Labute approximate surface area is 157 Å². The number of hydrogen-bond donors (Lipinski definition) is 1. The third-order valence-corrected chi connectivity index (χ3v) is 5.72. The first-order chi connectivity index (χ1) is 12.1. The van der Waals surface area contributed by atoms with Crippen molar-refractivity contribution in [3.05, 3.63) is 46.6 Å². The van der Waals surface area contributed by atoms with E-state index in [1.54, 1.807) is 15.9 Å². The van der Waals surface area contributed by atoms with E-state index in [9.17, 15) is 0 Å². The van der Waals surface area contributed by atoms with Gasteiger partial charge in [0, 0.05) is 30.1 Å². The molecule has 3 aromatic heterocycles. The van der Waals surface area contributed by atoms with Gasteiger partial charge in [0.1, 0.15) is 0 Å². The molecule has 0 saturated carbocycles. The van der Waals surface area contributed by atoms with Gasteiger partial charge in [-0.05, 0) is 12.1 Å². The van der Waals surface area contributed by atoms with Crippen molar-refractivity contribution in [1.82, 2.24) is 19.6 Å². The number of benzene rings is 1. The first-order valence-electron chi connectivity index (χ1n) is 7.56. The van der Waals surface area contributed by atoms with E-state index in [2.05, 4.69) is 25.8 Å². The lowest BCUT2D eigenvalue weighted by Gasteiger charge is -2.05. The number of fused-ring (bicyclic) bond motifs is 1. The number of nitrogens with one attached hydrogen (secondary N) is 1. The molecule has 128 valence electrons. The van der Waals surface area contributed by atoms with Gasteiger partial charge in [-0.1, -0.05) is 35.1 Å². The smallest absolute Gasteiger partial charge is 0.214 e. The van der Waals surface area contributed by atoms with E-state index in [-0.39, 0.29) is 0 Å². The van der Waals surface area contributed by atoms with Gasteiger partial charge in [-0.2, -0.15) is 0 Å². The zero-order valence-electron chi connectivity index (χ0n) is 13.6. The van der Waals surface area contributed by atoms with Crippen LogP contribution in [0.2, 0.25) is 5.02 Å². The third kappa shape index (κ3) is 3.46. The number of hydrogen-bond acceptors (Lipinski definition) is 7. The van der Waals surface area contributed by atoms with Gasteiger partial charge in [-0.3, -0.25) is 0 Å². The Morgan fingerprint density at radius 3 is 2.68 bits per heavy atom. The molecule has 0 fully saturated rings. The highest BCUT2D eigenvalue weighted by Crippen LogP contribution is 2.26. The highest BCUT2D eigenvalue weighted by Gasteiger charge is 2.10. The normalized spacial score (nSPS) is 11.2. The van der Waals surface area contributed by atoms with Crippen LogP contribution in [0.3, 0.4) is 0 Å². The molecule has 0 radical (unpaired) electrons. The molecule has 0 spiro atoms. The second kappa shape index (κ2) is 6.62.